The van der Waals surface area contributed by atoms with Gasteiger partial charge in [-0.25, -0.2) is 0 Å². The Kier molecular flexibility index (Phi) is 5.62. The molecule has 0 saturated carbocycles. The zero-order valence-electron chi connectivity index (χ0n) is 11.7. The average molecular weight is 334 g/mol. The zero-order valence-corrected chi connectivity index (χ0v) is 13.3. The Morgan fingerprint density at radius 3 is 2.70 bits per heavy atom. The molecule has 2 aromatic carbocycles. The molecule has 1 unspecified atom stereocenters. The lowest BCUT2D eigenvalue weighted by Gasteiger charge is -2.13. The highest BCUT2D eigenvalue weighted by atomic mass is 79.9. The summed E-state index contributed by atoms with van der Waals surface area (Å²) in [5.41, 5.74) is 8.62. The molecule has 0 bridgehead atoms. The molecule has 2 rings (SSSR count). The molecule has 1 atom stereocenters. The summed E-state index contributed by atoms with van der Waals surface area (Å²) >= 11 is 3.55. The van der Waals surface area contributed by atoms with E-state index in [0.717, 1.165) is 23.1 Å². The van der Waals surface area contributed by atoms with Crippen molar-refractivity contribution in [3.8, 4) is 5.75 Å². The van der Waals surface area contributed by atoms with Gasteiger partial charge in [-0.15, -0.1) is 0 Å². The van der Waals surface area contributed by atoms with E-state index in [-0.39, 0.29) is 6.04 Å². The number of halogens is 1. The summed E-state index contributed by atoms with van der Waals surface area (Å²) in [5.74, 6) is 0.915. The van der Waals surface area contributed by atoms with Crippen molar-refractivity contribution in [3.63, 3.8) is 0 Å². The van der Waals surface area contributed by atoms with Gasteiger partial charge in [0.2, 0.25) is 0 Å². The van der Waals surface area contributed by atoms with E-state index >= 15 is 0 Å². The minimum atomic E-state index is 0.110. The second-order valence-corrected chi connectivity index (χ2v) is 5.86. The molecule has 0 radical (unpaired) electrons. The molecule has 0 aliphatic heterocycles. The highest BCUT2D eigenvalue weighted by Crippen LogP contribution is 2.18. The van der Waals surface area contributed by atoms with Crippen molar-refractivity contribution in [1.29, 1.82) is 0 Å². The minimum absolute atomic E-state index is 0.110. The molecule has 0 spiro atoms. The second-order valence-electron chi connectivity index (χ2n) is 5.01. The third kappa shape index (κ3) is 4.66. The maximum absolute atomic E-state index is 6.17. The van der Waals surface area contributed by atoms with Gasteiger partial charge in [-0.2, -0.15) is 0 Å². The monoisotopic (exact) mass is 333 g/mol. The Labute approximate surface area is 129 Å². The topological polar surface area (TPSA) is 35.2 Å². The Hall–Kier alpha value is -1.32. The quantitative estimate of drug-likeness (QED) is 0.863. The van der Waals surface area contributed by atoms with Crippen LogP contribution in [0.4, 0.5) is 0 Å². The predicted molar refractivity (Wildman–Crippen MR) is 87.1 cm³/mol. The second kappa shape index (κ2) is 7.46. The van der Waals surface area contributed by atoms with Crippen molar-refractivity contribution in [2.75, 3.05) is 6.61 Å². The molecule has 0 heterocycles. The number of nitrogens with two attached hydrogens (primary N) is 1. The largest absolute Gasteiger partial charge is 0.494 e. The Balaban J connectivity index is 1.78. The van der Waals surface area contributed by atoms with Crippen molar-refractivity contribution in [3.05, 3.63) is 64.1 Å². The molecule has 0 saturated heterocycles. The summed E-state index contributed by atoms with van der Waals surface area (Å²) in [6.45, 7) is 2.71. The fourth-order valence-corrected chi connectivity index (χ4v) is 2.53. The summed E-state index contributed by atoms with van der Waals surface area (Å²) < 4.78 is 6.85. The predicted octanol–water partition coefficient (Wildman–Crippen LogP) is 4.10. The molecule has 0 amide bonds. The van der Waals surface area contributed by atoms with Gasteiger partial charge in [0.25, 0.3) is 0 Å². The summed E-state index contributed by atoms with van der Waals surface area (Å²) in [6, 6.07) is 16.4. The molecular formula is C17H20BrNO. The normalized spacial score (nSPS) is 12.2. The van der Waals surface area contributed by atoms with Crippen molar-refractivity contribution in [2.45, 2.75) is 25.8 Å². The van der Waals surface area contributed by atoms with Crippen LogP contribution >= 0.6 is 15.9 Å². The number of benzene rings is 2. The standard InChI is InChI=1S/C17H20BrNO/c1-13-5-4-7-16(11-13)20-10-9-15(19)12-14-6-2-3-8-17(14)18/h2-8,11,15H,9-10,12,19H2,1H3. The summed E-state index contributed by atoms with van der Waals surface area (Å²) in [6.07, 6.45) is 1.70. The van der Waals surface area contributed by atoms with Crippen molar-refractivity contribution >= 4 is 15.9 Å². The fourth-order valence-electron chi connectivity index (χ4n) is 2.08. The van der Waals surface area contributed by atoms with Gasteiger partial charge < -0.3 is 10.5 Å². The lowest BCUT2D eigenvalue weighted by atomic mass is 10.0. The Morgan fingerprint density at radius 1 is 1.15 bits per heavy atom. The van der Waals surface area contributed by atoms with Crippen LogP contribution in [0.2, 0.25) is 0 Å². The molecule has 20 heavy (non-hydrogen) atoms. The number of rotatable bonds is 6. The summed E-state index contributed by atoms with van der Waals surface area (Å²) in [4.78, 5) is 0. The van der Waals surface area contributed by atoms with Crippen LogP contribution in [-0.4, -0.2) is 12.6 Å². The first-order chi connectivity index (χ1) is 9.65. The fraction of sp³-hybridized carbons (Fsp3) is 0.294. The van der Waals surface area contributed by atoms with Crippen LogP contribution in [0.3, 0.4) is 0 Å². The van der Waals surface area contributed by atoms with E-state index in [0.29, 0.717) is 6.61 Å². The third-order valence-corrected chi connectivity index (χ3v) is 3.96. The molecule has 0 aliphatic rings. The smallest absolute Gasteiger partial charge is 0.119 e. The Bertz CT molecular complexity index is 556. The lowest BCUT2D eigenvalue weighted by Crippen LogP contribution is -2.25. The minimum Gasteiger partial charge on any atom is -0.494 e. The zero-order chi connectivity index (χ0) is 14.4. The van der Waals surface area contributed by atoms with Gasteiger partial charge in [0, 0.05) is 10.5 Å². The van der Waals surface area contributed by atoms with E-state index in [9.17, 15) is 0 Å². The van der Waals surface area contributed by atoms with Crippen LogP contribution < -0.4 is 10.5 Å². The van der Waals surface area contributed by atoms with Crippen LogP contribution in [0.15, 0.2) is 53.0 Å². The molecule has 106 valence electrons. The van der Waals surface area contributed by atoms with Gasteiger partial charge >= 0.3 is 0 Å². The first kappa shape index (κ1) is 15.1. The van der Waals surface area contributed by atoms with Gasteiger partial charge in [-0.05, 0) is 49.1 Å². The number of hydrogen-bond donors (Lipinski definition) is 1. The van der Waals surface area contributed by atoms with Crippen LogP contribution in [0.25, 0.3) is 0 Å². The maximum atomic E-state index is 6.17. The summed E-state index contributed by atoms with van der Waals surface area (Å²) in [7, 11) is 0. The van der Waals surface area contributed by atoms with Crippen molar-refractivity contribution in [1.82, 2.24) is 0 Å². The van der Waals surface area contributed by atoms with Gasteiger partial charge in [0.1, 0.15) is 5.75 Å². The van der Waals surface area contributed by atoms with E-state index in [2.05, 4.69) is 35.0 Å². The van der Waals surface area contributed by atoms with E-state index in [1.165, 1.54) is 11.1 Å². The van der Waals surface area contributed by atoms with Crippen LogP contribution in [0.5, 0.6) is 5.75 Å². The van der Waals surface area contributed by atoms with Crippen molar-refractivity contribution in [2.24, 2.45) is 5.73 Å². The molecule has 0 aliphatic carbocycles. The van der Waals surface area contributed by atoms with Gasteiger partial charge in [0.05, 0.1) is 6.61 Å². The number of hydrogen-bond acceptors (Lipinski definition) is 2. The average Bonchev–Trinajstić information content (AvgIpc) is 2.41. The molecular weight excluding hydrogens is 314 g/mol. The molecule has 3 heteroatoms. The van der Waals surface area contributed by atoms with E-state index in [1.54, 1.807) is 0 Å². The van der Waals surface area contributed by atoms with Gasteiger partial charge in [0.15, 0.2) is 0 Å². The molecule has 0 fully saturated rings. The van der Waals surface area contributed by atoms with E-state index in [1.807, 2.05) is 36.4 Å². The lowest BCUT2D eigenvalue weighted by molar-refractivity contribution is 0.297. The van der Waals surface area contributed by atoms with Gasteiger partial charge in [-0.1, -0.05) is 46.3 Å². The molecule has 2 aromatic rings. The first-order valence-corrected chi connectivity index (χ1v) is 7.63. The Morgan fingerprint density at radius 2 is 1.95 bits per heavy atom. The first-order valence-electron chi connectivity index (χ1n) is 6.83. The van der Waals surface area contributed by atoms with E-state index < -0.39 is 0 Å². The molecule has 0 aromatic heterocycles. The number of aryl methyl sites for hydroxylation is 1. The van der Waals surface area contributed by atoms with Crippen LogP contribution in [0, 0.1) is 6.92 Å². The van der Waals surface area contributed by atoms with Gasteiger partial charge in [-0.3, -0.25) is 0 Å². The maximum Gasteiger partial charge on any atom is 0.119 e. The number of ether oxygens (including phenoxy) is 1. The van der Waals surface area contributed by atoms with Crippen LogP contribution in [0.1, 0.15) is 17.5 Å². The van der Waals surface area contributed by atoms with Crippen molar-refractivity contribution < 1.29 is 4.74 Å². The highest BCUT2D eigenvalue weighted by Gasteiger charge is 2.07. The SMILES string of the molecule is Cc1cccc(OCCC(N)Cc2ccccc2Br)c1. The van der Waals surface area contributed by atoms with E-state index in [4.69, 9.17) is 10.5 Å². The third-order valence-electron chi connectivity index (χ3n) is 3.19. The molecule has 2 nitrogen and oxygen atoms in total. The molecule has 2 N–H and O–H groups in total. The van der Waals surface area contributed by atoms with Crippen LogP contribution in [-0.2, 0) is 6.42 Å². The summed E-state index contributed by atoms with van der Waals surface area (Å²) in [5, 5.41) is 0. The highest BCUT2D eigenvalue weighted by molar-refractivity contribution is 9.10.